The lowest BCUT2D eigenvalue weighted by Crippen LogP contribution is -2.12. The van der Waals surface area contributed by atoms with E-state index in [2.05, 4.69) is 22.4 Å². The van der Waals surface area contributed by atoms with Crippen LogP contribution >= 0.6 is 11.3 Å². The Balaban J connectivity index is 1.59. The minimum atomic E-state index is -0.636. The zero-order chi connectivity index (χ0) is 18.5. The molecule has 134 valence electrons. The summed E-state index contributed by atoms with van der Waals surface area (Å²) < 4.78 is 0. The van der Waals surface area contributed by atoms with Gasteiger partial charge in [-0.3, -0.25) is 4.79 Å². The second kappa shape index (κ2) is 8.25. The van der Waals surface area contributed by atoms with Crippen LogP contribution in [0.2, 0.25) is 0 Å². The molecule has 1 aromatic heterocycles. The number of carbonyl (C=O) groups excluding carboxylic acids is 1. The number of benzene rings is 2. The van der Waals surface area contributed by atoms with Gasteiger partial charge in [0.25, 0.3) is 0 Å². The highest BCUT2D eigenvalue weighted by Crippen LogP contribution is 2.30. The third-order valence-electron chi connectivity index (χ3n) is 4.20. The number of carbonyl (C=O) groups is 1. The molecule has 26 heavy (non-hydrogen) atoms. The molecule has 0 fully saturated rings. The largest absolute Gasteiger partial charge is 0.388 e. The van der Waals surface area contributed by atoms with E-state index in [-0.39, 0.29) is 12.3 Å². The molecule has 4 nitrogen and oxygen atoms in total. The first-order valence-corrected chi connectivity index (χ1v) is 9.42. The van der Waals surface area contributed by atoms with Crippen molar-refractivity contribution in [3.05, 3.63) is 70.6 Å². The Morgan fingerprint density at radius 2 is 1.81 bits per heavy atom. The molecule has 0 aliphatic carbocycles. The van der Waals surface area contributed by atoms with Gasteiger partial charge in [0.2, 0.25) is 5.91 Å². The molecular weight excluding hydrogens is 344 g/mol. The molecule has 1 amide bonds. The molecule has 3 aromatic rings. The van der Waals surface area contributed by atoms with Crippen molar-refractivity contribution in [3.63, 3.8) is 0 Å². The van der Waals surface area contributed by atoms with Crippen LogP contribution in [0.25, 0.3) is 11.3 Å². The first-order chi connectivity index (χ1) is 12.5. The molecule has 3 rings (SSSR count). The van der Waals surface area contributed by atoms with Gasteiger partial charge in [-0.1, -0.05) is 60.2 Å². The summed E-state index contributed by atoms with van der Waals surface area (Å²) in [7, 11) is 0. The number of aliphatic hydroxyl groups is 1. The van der Waals surface area contributed by atoms with Gasteiger partial charge in [-0.05, 0) is 25.8 Å². The first kappa shape index (κ1) is 18.3. The van der Waals surface area contributed by atoms with Crippen LogP contribution in [0.15, 0.2) is 54.6 Å². The average Bonchev–Trinajstić information content (AvgIpc) is 3.01. The molecule has 0 bridgehead atoms. The standard InChI is InChI=1S/C21H22N2O2S/c1-14-8-10-17(11-9-14)20-15(2)26-21(23-20)22-19(25)13-12-18(24)16-6-4-3-5-7-16/h3-11,18,24H,12-13H2,1-2H3,(H,22,23,25)/t18-/m1/s1. The second-order valence-corrected chi connectivity index (χ2v) is 7.51. The number of aryl methyl sites for hydroxylation is 2. The highest BCUT2D eigenvalue weighted by molar-refractivity contribution is 7.16. The van der Waals surface area contributed by atoms with E-state index in [1.54, 1.807) is 0 Å². The van der Waals surface area contributed by atoms with E-state index in [0.717, 1.165) is 21.7 Å². The molecular formula is C21H22N2O2S. The highest BCUT2D eigenvalue weighted by Gasteiger charge is 2.14. The third-order valence-corrected chi connectivity index (χ3v) is 5.08. The van der Waals surface area contributed by atoms with Crippen molar-refractivity contribution in [1.29, 1.82) is 0 Å². The number of thiazole rings is 1. The van der Waals surface area contributed by atoms with Crippen LogP contribution in [0.5, 0.6) is 0 Å². The summed E-state index contributed by atoms with van der Waals surface area (Å²) in [6.07, 6.45) is -0.0114. The maximum atomic E-state index is 12.2. The van der Waals surface area contributed by atoms with E-state index in [9.17, 15) is 9.90 Å². The van der Waals surface area contributed by atoms with Crippen molar-refractivity contribution in [2.45, 2.75) is 32.8 Å². The molecule has 1 atom stereocenters. The molecule has 0 spiro atoms. The molecule has 0 unspecified atom stereocenters. The summed E-state index contributed by atoms with van der Waals surface area (Å²) in [5.74, 6) is -0.135. The fourth-order valence-corrected chi connectivity index (χ4v) is 3.57. The van der Waals surface area contributed by atoms with Gasteiger partial charge in [0.1, 0.15) is 0 Å². The number of amides is 1. The SMILES string of the molecule is Cc1ccc(-c2nc(NC(=O)CC[C@@H](O)c3ccccc3)sc2C)cc1. The van der Waals surface area contributed by atoms with Crippen LogP contribution in [0.3, 0.4) is 0 Å². The number of hydrogen-bond donors (Lipinski definition) is 2. The van der Waals surface area contributed by atoms with Gasteiger partial charge < -0.3 is 10.4 Å². The van der Waals surface area contributed by atoms with Gasteiger partial charge in [0, 0.05) is 16.9 Å². The van der Waals surface area contributed by atoms with Gasteiger partial charge in [0.05, 0.1) is 11.8 Å². The van der Waals surface area contributed by atoms with Gasteiger partial charge in [0.15, 0.2) is 5.13 Å². The lowest BCUT2D eigenvalue weighted by Gasteiger charge is -2.10. The van der Waals surface area contributed by atoms with E-state index in [4.69, 9.17) is 0 Å². The van der Waals surface area contributed by atoms with E-state index < -0.39 is 6.10 Å². The van der Waals surface area contributed by atoms with Gasteiger partial charge in [-0.2, -0.15) is 0 Å². The number of anilines is 1. The molecule has 0 radical (unpaired) electrons. The second-order valence-electron chi connectivity index (χ2n) is 6.30. The van der Waals surface area contributed by atoms with Gasteiger partial charge in [-0.25, -0.2) is 4.98 Å². The van der Waals surface area contributed by atoms with E-state index >= 15 is 0 Å². The fraction of sp³-hybridized carbons (Fsp3) is 0.238. The van der Waals surface area contributed by atoms with E-state index in [0.29, 0.717) is 11.6 Å². The van der Waals surface area contributed by atoms with Crippen LogP contribution in [-0.4, -0.2) is 16.0 Å². The van der Waals surface area contributed by atoms with Gasteiger partial charge in [-0.15, -0.1) is 11.3 Å². The number of aliphatic hydroxyl groups excluding tert-OH is 1. The quantitative estimate of drug-likeness (QED) is 0.653. The summed E-state index contributed by atoms with van der Waals surface area (Å²) in [6, 6.07) is 17.6. The number of nitrogens with one attached hydrogen (secondary N) is 1. The smallest absolute Gasteiger partial charge is 0.226 e. The fourth-order valence-electron chi connectivity index (χ4n) is 2.72. The van der Waals surface area contributed by atoms with Crippen molar-refractivity contribution < 1.29 is 9.90 Å². The summed E-state index contributed by atoms with van der Waals surface area (Å²) in [4.78, 5) is 17.8. The van der Waals surface area contributed by atoms with Crippen molar-refractivity contribution in [3.8, 4) is 11.3 Å². The Morgan fingerprint density at radius 3 is 2.50 bits per heavy atom. The molecule has 0 saturated heterocycles. The number of hydrogen-bond acceptors (Lipinski definition) is 4. The lowest BCUT2D eigenvalue weighted by molar-refractivity contribution is -0.116. The highest BCUT2D eigenvalue weighted by atomic mass is 32.1. The Labute approximate surface area is 157 Å². The van der Waals surface area contributed by atoms with E-state index in [1.807, 2.05) is 56.3 Å². The maximum Gasteiger partial charge on any atom is 0.226 e. The van der Waals surface area contributed by atoms with Crippen molar-refractivity contribution >= 4 is 22.4 Å². The Hall–Kier alpha value is -2.50. The van der Waals surface area contributed by atoms with Crippen molar-refractivity contribution in [2.75, 3.05) is 5.32 Å². The van der Waals surface area contributed by atoms with Crippen molar-refractivity contribution in [1.82, 2.24) is 4.98 Å². The summed E-state index contributed by atoms with van der Waals surface area (Å²) in [5.41, 5.74) is 3.97. The van der Waals surface area contributed by atoms with Crippen molar-refractivity contribution in [2.24, 2.45) is 0 Å². The van der Waals surface area contributed by atoms with E-state index in [1.165, 1.54) is 16.9 Å². The van der Waals surface area contributed by atoms with Crippen LogP contribution in [0.4, 0.5) is 5.13 Å². The molecule has 0 saturated carbocycles. The third kappa shape index (κ3) is 4.56. The Kier molecular flexibility index (Phi) is 5.81. The normalized spacial score (nSPS) is 12.0. The zero-order valence-electron chi connectivity index (χ0n) is 14.9. The summed E-state index contributed by atoms with van der Waals surface area (Å²) >= 11 is 1.47. The Bertz CT molecular complexity index is 873. The van der Waals surface area contributed by atoms with Crippen LogP contribution in [0.1, 0.15) is 34.9 Å². The van der Waals surface area contributed by atoms with Crippen LogP contribution < -0.4 is 5.32 Å². The zero-order valence-corrected chi connectivity index (χ0v) is 15.7. The minimum Gasteiger partial charge on any atom is -0.388 e. The summed E-state index contributed by atoms with van der Waals surface area (Å²) in [6.45, 7) is 4.05. The van der Waals surface area contributed by atoms with Gasteiger partial charge >= 0.3 is 0 Å². The molecule has 5 heteroatoms. The molecule has 1 heterocycles. The first-order valence-electron chi connectivity index (χ1n) is 8.60. The number of rotatable bonds is 6. The average molecular weight is 366 g/mol. The monoisotopic (exact) mass is 366 g/mol. The maximum absolute atomic E-state index is 12.2. The lowest BCUT2D eigenvalue weighted by atomic mass is 10.1. The Morgan fingerprint density at radius 1 is 1.12 bits per heavy atom. The summed E-state index contributed by atoms with van der Waals surface area (Å²) in [5, 5.41) is 13.6. The molecule has 0 aliphatic heterocycles. The predicted octanol–water partition coefficient (Wildman–Crippen LogP) is 4.88. The molecule has 2 aromatic carbocycles. The predicted molar refractivity (Wildman–Crippen MR) is 106 cm³/mol. The topological polar surface area (TPSA) is 62.2 Å². The number of aromatic nitrogens is 1. The molecule has 0 aliphatic rings. The molecule has 2 N–H and O–H groups in total. The minimum absolute atomic E-state index is 0.135. The number of nitrogens with zero attached hydrogens (tertiary/aromatic N) is 1. The van der Waals surface area contributed by atoms with Crippen LogP contribution in [0, 0.1) is 13.8 Å². The van der Waals surface area contributed by atoms with Crippen LogP contribution in [-0.2, 0) is 4.79 Å².